The van der Waals surface area contributed by atoms with Crippen LogP contribution in [0.5, 0.6) is 11.5 Å². The summed E-state index contributed by atoms with van der Waals surface area (Å²) in [4.78, 5) is 27.6. The lowest BCUT2D eigenvalue weighted by molar-refractivity contribution is -0.139. The van der Waals surface area contributed by atoms with Crippen LogP contribution < -0.4 is 4.74 Å². The Morgan fingerprint density at radius 3 is 2.44 bits per heavy atom. The standard InChI is InChI=1S/C26H21Cl2NO5/c1-34-19-9-10-21(28)20(14-19)24(31)22-23(16-3-2-4-18(30)13-16)29(26(33)25(22)32)12-11-15-5-7-17(27)8-6-15/h2-10,13-14,23,30-31H,11-12H2,1H3/b24-22+. The molecule has 3 aromatic carbocycles. The molecular weight excluding hydrogens is 477 g/mol. The predicted octanol–water partition coefficient (Wildman–Crippen LogP) is 5.37. The average Bonchev–Trinajstić information content (AvgIpc) is 3.08. The second-order valence-electron chi connectivity index (χ2n) is 7.81. The Balaban J connectivity index is 1.81. The minimum absolute atomic E-state index is 0.0276. The highest BCUT2D eigenvalue weighted by atomic mass is 35.5. The Morgan fingerprint density at radius 1 is 1.03 bits per heavy atom. The maximum absolute atomic E-state index is 13.2. The molecule has 174 valence electrons. The second kappa shape index (κ2) is 9.79. The summed E-state index contributed by atoms with van der Waals surface area (Å²) in [5, 5.41) is 22.1. The first-order chi connectivity index (χ1) is 16.3. The summed E-state index contributed by atoms with van der Waals surface area (Å²) >= 11 is 12.3. The highest BCUT2D eigenvalue weighted by Gasteiger charge is 2.46. The van der Waals surface area contributed by atoms with Crippen molar-refractivity contribution < 1.29 is 24.5 Å². The van der Waals surface area contributed by atoms with Gasteiger partial charge in [-0.15, -0.1) is 0 Å². The molecule has 3 aromatic rings. The van der Waals surface area contributed by atoms with Crippen LogP contribution in [0.25, 0.3) is 5.76 Å². The number of benzene rings is 3. The molecule has 0 saturated carbocycles. The zero-order valence-electron chi connectivity index (χ0n) is 18.2. The number of hydrogen-bond acceptors (Lipinski definition) is 5. The van der Waals surface area contributed by atoms with Crippen molar-refractivity contribution in [2.24, 2.45) is 0 Å². The Hall–Kier alpha value is -3.48. The van der Waals surface area contributed by atoms with E-state index in [1.165, 1.54) is 36.3 Å². The van der Waals surface area contributed by atoms with Gasteiger partial charge >= 0.3 is 0 Å². The van der Waals surface area contributed by atoms with Crippen LogP contribution >= 0.6 is 23.2 Å². The van der Waals surface area contributed by atoms with E-state index < -0.39 is 23.5 Å². The van der Waals surface area contributed by atoms with E-state index in [-0.39, 0.29) is 28.5 Å². The number of aliphatic hydroxyl groups excluding tert-OH is 1. The smallest absolute Gasteiger partial charge is 0.295 e. The molecule has 0 radical (unpaired) electrons. The number of hydrogen-bond donors (Lipinski definition) is 2. The number of rotatable bonds is 6. The maximum atomic E-state index is 13.2. The SMILES string of the molecule is COc1ccc(Cl)c(/C(O)=C2\C(=O)C(=O)N(CCc3ccc(Cl)cc3)C2c2cccc(O)c2)c1. The number of phenolic OH excluding ortho intramolecular Hbond substituents is 1. The number of phenols is 1. The molecular formula is C26H21Cl2NO5. The van der Waals surface area contributed by atoms with Gasteiger partial charge in [-0.1, -0.05) is 47.5 Å². The van der Waals surface area contributed by atoms with Crippen LogP contribution in [0.1, 0.15) is 22.7 Å². The van der Waals surface area contributed by atoms with Crippen molar-refractivity contribution in [1.29, 1.82) is 0 Å². The lowest BCUT2D eigenvalue weighted by Crippen LogP contribution is -2.31. The number of likely N-dealkylation sites (tertiary alicyclic amines) is 1. The monoisotopic (exact) mass is 497 g/mol. The summed E-state index contributed by atoms with van der Waals surface area (Å²) in [5.74, 6) is -1.59. The van der Waals surface area contributed by atoms with Crippen LogP contribution in [0, 0.1) is 0 Å². The predicted molar refractivity (Wildman–Crippen MR) is 130 cm³/mol. The zero-order valence-corrected chi connectivity index (χ0v) is 19.7. The quantitative estimate of drug-likeness (QED) is 0.271. The highest BCUT2D eigenvalue weighted by molar-refractivity contribution is 6.47. The van der Waals surface area contributed by atoms with E-state index in [2.05, 4.69) is 0 Å². The van der Waals surface area contributed by atoms with E-state index in [0.717, 1.165) is 5.56 Å². The van der Waals surface area contributed by atoms with Crippen molar-refractivity contribution in [2.45, 2.75) is 12.5 Å². The molecule has 0 aliphatic carbocycles. The van der Waals surface area contributed by atoms with E-state index in [0.29, 0.717) is 22.8 Å². The number of methoxy groups -OCH3 is 1. The van der Waals surface area contributed by atoms with Gasteiger partial charge in [0.1, 0.15) is 17.3 Å². The molecule has 1 amide bonds. The topological polar surface area (TPSA) is 87.1 Å². The summed E-state index contributed by atoms with van der Waals surface area (Å²) < 4.78 is 5.22. The first kappa shape index (κ1) is 23.7. The van der Waals surface area contributed by atoms with Crippen molar-refractivity contribution in [3.05, 3.63) is 99.0 Å². The number of halogens is 2. The van der Waals surface area contributed by atoms with Crippen molar-refractivity contribution in [3.8, 4) is 11.5 Å². The van der Waals surface area contributed by atoms with E-state index in [1.807, 2.05) is 12.1 Å². The third-order valence-corrected chi connectivity index (χ3v) is 6.29. The van der Waals surface area contributed by atoms with E-state index >= 15 is 0 Å². The van der Waals surface area contributed by atoms with Gasteiger partial charge in [0.2, 0.25) is 0 Å². The minimum atomic E-state index is -0.915. The number of ether oxygens (including phenoxy) is 1. The Kier molecular flexibility index (Phi) is 6.82. The third kappa shape index (κ3) is 4.60. The average molecular weight is 498 g/mol. The van der Waals surface area contributed by atoms with Gasteiger partial charge in [-0.25, -0.2) is 0 Å². The normalized spacial score (nSPS) is 17.3. The molecule has 0 bridgehead atoms. The van der Waals surface area contributed by atoms with Crippen molar-refractivity contribution in [3.63, 3.8) is 0 Å². The van der Waals surface area contributed by atoms with Gasteiger partial charge in [-0.05, 0) is 60.0 Å². The van der Waals surface area contributed by atoms with E-state index in [9.17, 15) is 19.8 Å². The molecule has 1 aliphatic rings. The molecule has 1 unspecified atom stereocenters. The van der Waals surface area contributed by atoms with Gasteiger partial charge in [-0.3, -0.25) is 9.59 Å². The number of Topliss-reactive ketones (excluding diaryl/α,β-unsaturated/α-hetero) is 1. The van der Waals surface area contributed by atoms with Gasteiger partial charge < -0.3 is 19.8 Å². The zero-order chi connectivity index (χ0) is 24.4. The van der Waals surface area contributed by atoms with Crippen LogP contribution in [-0.2, 0) is 16.0 Å². The molecule has 34 heavy (non-hydrogen) atoms. The number of carbonyl (C=O) groups is 2. The summed E-state index contributed by atoms with van der Waals surface area (Å²) in [7, 11) is 1.47. The highest BCUT2D eigenvalue weighted by Crippen LogP contribution is 2.41. The molecule has 0 spiro atoms. The second-order valence-corrected chi connectivity index (χ2v) is 8.65. The van der Waals surface area contributed by atoms with Gasteiger partial charge in [0.25, 0.3) is 11.7 Å². The number of ketones is 1. The van der Waals surface area contributed by atoms with Crippen molar-refractivity contribution in [1.82, 2.24) is 4.90 Å². The van der Waals surface area contributed by atoms with Crippen LogP contribution in [0.3, 0.4) is 0 Å². The summed E-state index contributed by atoms with van der Waals surface area (Å²) in [6.45, 7) is 0.204. The molecule has 1 saturated heterocycles. The number of aliphatic hydroxyl groups is 1. The molecule has 0 aromatic heterocycles. The van der Waals surface area contributed by atoms with Crippen LogP contribution in [0.15, 0.2) is 72.3 Å². The fourth-order valence-electron chi connectivity index (χ4n) is 4.01. The van der Waals surface area contributed by atoms with E-state index in [4.69, 9.17) is 27.9 Å². The number of aromatic hydroxyl groups is 1. The largest absolute Gasteiger partial charge is 0.508 e. The van der Waals surface area contributed by atoms with E-state index in [1.54, 1.807) is 30.3 Å². The molecule has 1 aliphatic heterocycles. The summed E-state index contributed by atoms with van der Waals surface area (Å²) in [5.41, 5.74) is 1.47. The summed E-state index contributed by atoms with van der Waals surface area (Å²) in [6.07, 6.45) is 0.458. The first-order valence-electron chi connectivity index (χ1n) is 10.5. The molecule has 8 heteroatoms. The minimum Gasteiger partial charge on any atom is -0.508 e. The molecule has 1 atom stereocenters. The maximum Gasteiger partial charge on any atom is 0.295 e. The fourth-order valence-corrected chi connectivity index (χ4v) is 4.34. The van der Waals surface area contributed by atoms with Gasteiger partial charge in [0.05, 0.1) is 23.7 Å². The summed E-state index contributed by atoms with van der Waals surface area (Å²) in [6, 6.07) is 17.2. The van der Waals surface area contributed by atoms with Crippen molar-refractivity contribution in [2.75, 3.05) is 13.7 Å². The molecule has 4 rings (SSSR count). The molecule has 6 nitrogen and oxygen atoms in total. The fraction of sp³-hybridized carbons (Fsp3) is 0.154. The lowest BCUT2D eigenvalue weighted by Gasteiger charge is -2.25. The first-order valence-corrected chi connectivity index (χ1v) is 11.2. The lowest BCUT2D eigenvalue weighted by atomic mass is 9.95. The molecule has 2 N–H and O–H groups in total. The van der Waals surface area contributed by atoms with Gasteiger partial charge in [0, 0.05) is 17.1 Å². The number of carbonyl (C=O) groups excluding carboxylic acids is 2. The number of amides is 1. The molecule has 1 fully saturated rings. The number of nitrogens with zero attached hydrogens (tertiary/aromatic N) is 1. The van der Waals surface area contributed by atoms with Gasteiger partial charge in [0.15, 0.2) is 0 Å². The molecule has 1 heterocycles. The van der Waals surface area contributed by atoms with Crippen LogP contribution in [0.2, 0.25) is 10.0 Å². The third-order valence-electron chi connectivity index (χ3n) is 5.71. The van der Waals surface area contributed by atoms with Gasteiger partial charge in [-0.2, -0.15) is 0 Å². The van der Waals surface area contributed by atoms with Crippen LogP contribution in [-0.4, -0.2) is 40.5 Å². The Labute approximate surface area is 206 Å². The Morgan fingerprint density at radius 2 is 1.76 bits per heavy atom. The van der Waals surface area contributed by atoms with Crippen LogP contribution in [0.4, 0.5) is 0 Å². The van der Waals surface area contributed by atoms with Crippen molar-refractivity contribution >= 4 is 40.7 Å². The Bertz CT molecular complexity index is 1290.